The molecule has 0 saturated carbocycles. The van der Waals surface area contributed by atoms with Crippen LogP contribution in [0.5, 0.6) is 0 Å². The number of aromatic nitrogens is 1. The monoisotopic (exact) mass is 385 g/mol. The van der Waals surface area contributed by atoms with Gasteiger partial charge in [0.05, 0.1) is 29.9 Å². The maximum atomic E-state index is 12.8. The van der Waals surface area contributed by atoms with Crippen LogP contribution in [0.25, 0.3) is 10.9 Å². The lowest BCUT2D eigenvalue weighted by atomic mass is 10.0. The van der Waals surface area contributed by atoms with Crippen molar-refractivity contribution >= 4 is 28.4 Å². The Bertz CT molecular complexity index is 917. The summed E-state index contributed by atoms with van der Waals surface area (Å²) in [5.41, 5.74) is 1.55. The van der Waals surface area contributed by atoms with Crippen molar-refractivity contribution in [1.29, 1.82) is 0 Å². The van der Waals surface area contributed by atoms with Crippen LogP contribution in [-0.2, 0) is 16.1 Å². The van der Waals surface area contributed by atoms with Crippen LogP contribution in [0.15, 0.2) is 30.3 Å². The van der Waals surface area contributed by atoms with Gasteiger partial charge in [-0.2, -0.15) is 0 Å². The van der Waals surface area contributed by atoms with Crippen molar-refractivity contribution in [1.82, 2.24) is 14.8 Å². The number of likely N-dealkylation sites (tertiary alicyclic amines) is 1. The first-order valence-corrected chi connectivity index (χ1v) is 10.1. The second kappa shape index (κ2) is 6.16. The molecule has 5 nitrogen and oxygen atoms in total. The molecule has 1 amide bonds. The molecule has 1 aromatic heterocycles. The van der Waals surface area contributed by atoms with Crippen LogP contribution in [0.3, 0.4) is 0 Å². The number of benzene rings is 1. The molecule has 3 aliphatic rings. The van der Waals surface area contributed by atoms with Crippen molar-refractivity contribution in [2.24, 2.45) is 5.92 Å². The number of hydrogen-bond acceptors (Lipinski definition) is 4. The number of nitrogens with zero attached hydrogens (tertiary/aromatic N) is 3. The molecule has 6 heteroatoms. The third-order valence-electron chi connectivity index (χ3n) is 6.44. The van der Waals surface area contributed by atoms with Gasteiger partial charge < -0.3 is 9.64 Å². The number of ether oxygens (including phenoxy) is 1. The van der Waals surface area contributed by atoms with E-state index >= 15 is 0 Å². The SMILES string of the molecule is CC(C)[C@@H]1CO[C@@]23CCN(Cc4ccc5cc(Cl)ccc5n4)[C@@H]2CC(=O)N13. The second-order valence-corrected chi connectivity index (χ2v) is 8.75. The van der Waals surface area contributed by atoms with Crippen molar-refractivity contribution in [3.05, 3.63) is 41.0 Å². The third-order valence-corrected chi connectivity index (χ3v) is 6.68. The summed E-state index contributed by atoms with van der Waals surface area (Å²) in [6.07, 6.45) is 1.43. The normalized spacial score (nSPS) is 30.5. The van der Waals surface area contributed by atoms with Crippen molar-refractivity contribution in [2.45, 2.75) is 51.0 Å². The van der Waals surface area contributed by atoms with Gasteiger partial charge in [-0.25, -0.2) is 0 Å². The predicted molar refractivity (Wildman–Crippen MR) is 104 cm³/mol. The highest BCUT2D eigenvalue weighted by Crippen LogP contribution is 2.49. The molecule has 27 heavy (non-hydrogen) atoms. The van der Waals surface area contributed by atoms with Crippen LogP contribution in [0.2, 0.25) is 5.02 Å². The van der Waals surface area contributed by atoms with Gasteiger partial charge >= 0.3 is 0 Å². The molecular weight excluding hydrogens is 362 g/mol. The number of hydrogen-bond donors (Lipinski definition) is 0. The molecule has 142 valence electrons. The van der Waals surface area contributed by atoms with E-state index in [9.17, 15) is 4.79 Å². The van der Waals surface area contributed by atoms with Crippen LogP contribution in [0.1, 0.15) is 32.4 Å². The zero-order valence-corrected chi connectivity index (χ0v) is 16.4. The Morgan fingerprint density at radius 1 is 1.33 bits per heavy atom. The molecule has 5 rings (SSSR count). The van der Waals surface area contributed by atoms with Crippen molar-refractivity contribution in [2.75, 3.05) is 13.2 Å². The van der Waals surface area contributed by atoms with Crippen molar-refractivity contribution < 1.29 is 9.53 Å². The van der Waals surface area contributed by atoms with Gasteiger partial charge in [0, 0.05) is 36.3 Å². The standard InChI is InChI=1S/C21H24ClN3O2/c1-13(2)18-12-27-21-7-8-24(19(21)10-20(26)25(18)21)11-16-5-3-14-9-15(22)4-6-17(14)23-16/h3-6,9,13,18-19H,7-8,10-12H2,1-2H3/t18-,19+,21-/m0/s1. The van der Waals surface area contributed by atoms with Crippen molar-refractivity contribution in [3.8, 4) is 0 Å². The van der Waals surface area contributed by atoms with E-state index in [1.54, 1.807) is 0 Å². The third kappa shape index (κ3) is 2.59. The van der Waals surface area contributed by atoms with Gasteiger partial charge in [-0.05, 0) is 30.2 Å². The first kappa shape index (κ1) is 17.4. The summed E-state index contributed by atoms with van der Waals surface area (Å²) in [7, 11) is 0. The highest BCUT2D eigenvalue weighted by molar-refractivity contribution is 6.31. The Morgan fingerprint density at radius 3 is 3.00 bits per heavy atom. The molecule has 0 bridgehead atoms. The number of amides is 1. The highest BCUT2D eigenvalue weighted by atomic mass is 35.5. The lowest BCUT2D eigenvalue weighted by Crippen LogP contribution is -2.50. The molecule has 0 radical (unpaired) electrons. The van der Waals surface area contributed by atoms with E-state index in [1.807, 2.05) is 18.2 Å². The summed E-state index contributed by atoms with van der Waals surface area (Å²) in [5, 5.41) is 1.77. The van der Waals surface area contributed by atoms with Crippen LogP contribution in [0.4, 0.5) is 0 Å². The Labute approximate surface area is 164 Å². The summed E-state index contributed by atoms with van der Waals surface area (Å²) >= 11 is 6.07. The van der Waals surface area contributed by atoms with Crippen LogP contribution >= 0.6 is 11.6 Å². The first-order chi connectivity index (χ1) is 13.0. The first-order valence-electron chi connectivity index (χ1n) is 9.73. The van der Waals surface area contributed by atoms with E-state index < -0.39 is 5.72 Å². The number of carbonyl (C=O) groups is 1. The highest BCUT2D eigenvalue weighted by Gasteiger charge is 2.64. The van der Waals surface area contributed by atoms with Gasteiger partial charge in [-0.3, -0.25) is 14.7 Å². The Kier molecular flexibility index (Phi) is 3.97. The average Bonchev–Trinajstić information content (AvgIpc) is 3.25. The minimum absolute atomic E-state index is 0.122. The molecule has 1 aromatic carbocycles. The molecule has 4 heterocycles. The largest absolute Gasteiger partial charge is 0.352 e. The smallest absolute Gasteiger partial charge is 0.226 e. The molecule has 3 atom stereocenters. The second-order valence-electron chi connectivity index (χ2n) is 8.31. The van der Waals surface area contributed by atoms with E-state index in [0.29, 0.717) is 18.9 Å². The molecule has 0 unspecified atom stereocenters. The zero-order chi connectivity index (χ0) is 18.8. The van der Waals surface area contributed by atoms with E-state index in [2.05, 4.69) is 35.8 Å². The van der Waals surface area contributed by atoms with Gasteiger partial charge in [0.1, 0.15) is 0 Å². The molecule has 3 fully saturated rings. The van der Waals surface area contributed by atoms with Gasteiger partial charge in [0.25, 0.3) is 0 Å². The topological polar surface area (TPSA) is 45.7 Å². The van der Waals surface area contributed by atoms with Gasteiger partial charge in [-0.15, -0.1) is 0 Å². The fourth-order valence-electron chi connectivity index (χ4n) is 5.08. The molecular formula is C21H24ClN3O2. The van der Waals surface area contributed by atoms with E-state index in [-0.39, 0.29) is 18.0 Å². The quantitative estimate of drug-likeness (QED) is 0.811. The number of rotatable bonds is 3. The van der Waals surface area contributed by atoms with E-state index in [0.717, 1.165) is 41.1 Å². The molecule has 3 saturated heterocycles. The minimum Gasteiger partial charge on any atom is -0.352 e. The zero-order valence-electron chi connectivity index (χ0n) is 15.7. The minimum atomic E-state index is -0.420. The maximum absolute atomic E-state index is 12.8. The maximum Gasteiger partial charge on any atom is 0.226 e. The lowest BCUT2D eigenvalue weighted by molar-refractivity contribution is -0.139. The Hall–Kier alpha value is -1.69. The number of pyridine rings is 1. The lowest BCUT2D eigenvalue weighted by Gasteiger charge is -2.34. The Morgan fingerprint density at radius 2 is 2.19 bits per heavy atom. The number of fused-ring (bicyclic) bond motifs is 1. The van der Waals surface area contributed by atoms with Gasteiger partial charge in [0.15, 0.2) is 5.72 Å². The van der Waals surface area contributed by atoms with E-state index in [4.69, 9.17) is 21.3 Å². The fourth-order valence-corrected chi connectivity index (χ4v) is 5.26. The molecule has 0 aliphatic carbocycles. The average molecular weight is 386 g/mol. The van der Waals surface area contributed by atoms with Crippen LogP contribution in [0, 0.1) is 5.92 Å². The fraction of sp³-hybridized carbons (Fsp3) is 0.524. The molecule has 1 spiro atoms. The summed E-state index contributed by atoms with van der Waals surface area (Å²) in [6, 6.07) is 10.2. The summed E-state index contributed by atoms with van der Waals surface area (Å²) in [5.74, 6) is 0.650. The molecule has 3 aliphatic heterocycles. The van der Waals surface area contributed by atoms with Gasteiger partial charge in [-0.1, -0.05) is 31.5 Å². The van der Waals surface area contributed by atoms with Gasteiger partial charge in [0.2, 0.25) is 5.91 Å². The van der Waals surface area contributed by atoms with Crippen LogP contribution < -0.4 is 0 Å². The predicted octanol–water partition coefficient (Wildman–Crippen LogP) is 3.45. The van der Waals surface area contributed by atoms with Crippen molar-refractivity contribution in [3.63, 3.8) is 0 Å². The Balaban J connectivity index is 1.40. The van der Waals surface area contributed by atoms with Crippen LogP contribution in [-0.4, -0.2) is 51.7 Å². The van der Waals surface area contributed by atoms with E-state index in [1.165, 1.54) is 0 Å². The molecule has 2 aromatic rings. The number of halogens is 1. The summed E-state index contributed by atoms with van der Waals surface area (Å²) < 4.78 is 6.31. The molecule has 0 N–H and O–H groups in total. The number of carbonyl (C=O) groups excluding carboxylic acids is 1. The summed E-state index contributed by atoms with van der Waals surface area (Å²) in [6.45, 7) is 6.67. The summed E-state index contributed by atoms with van der Waals surface area (Å²) in [4.78, 5) is 22.0.